The zero-order valence-corrected chi connectivity index (χ0v) is 12.1. The summed E-state index contributed by atoms with van der Waals surface area (Å²) >= 11 is 0. The first kappa shape index (κ1) is 14.5. The Balaban J connectivity index is 2.07. The number of benzene rings is 1. The Kier molecular flexibility index (Phi) is 4.41. The lowest BCUT2D eigenvalue weighted by Crippen LogP contribution is -2.23. The summed E-state index contributed by atoms with van der Waals surface area (Å²) < 4.78 is 35.3. The Labute approximate surface area is 118 Å². The number of hydrogen-bond acceptors (Lipinski definition) is 5. The zero-order valence-electron chi connectivity index (χ0n) is 11.3. The first-order valence-electron chi connectivity index (χ1n) is 6.03. The number of hydrogen-bond donors (Lipinski definition) is 0. The van der Waals surface area contributed by atoms with E-state index in [-0.39, 0.29) is 11.5 Å². The van der Waals surface area contributed by atoms with Gasteiger partial charge in [-0.3, -0.25) is 0 Å². The maximum absolute atomic E-state index is 11.8. The molecule has 1 aromatic carbocycles. The molecule has 1 atom stereocenters. The molecule has 0 spiro atoms. The monoisotopic (exact) mass is 296 g/mol. The first-order valence-corrected chi connectivity index (χ1v) is 7.61. The molecule has 108 valence electrons. The van der Waals surface area contributed by atoms with E-state index in [9.17, 15) is 8.42 Å². The summed E-state index contributed by atoms with van der Waals surface area (Å²) in [4.78, 5) is 3.94. The number of ether oxygens (including phenoxy) is 1. The number of imidazole rings is 1. The van der Waals surface area contributed by atoms with Crippen LogP contribution in [0, 0.1) is 0 Å². The number of rotatable bonds is 6. The molecular weight excluding hydrogens is 280 g/mol. The van der Waals surface area contributed by atoms with Gasteiger partial charge in [-0.15, -0.1) is 0 Å². The number of methoxy groups -OCH3 is 1. The molecule has 1 aromatic heterocycles. The minimum absolute atomic E-state index is 0.188. The van der Waals surface area contributed by atoms with E-state index in [0.717, 1.165) is 5.69 Å². The smallest absolute Gasteiger partial charge is 0.311 e. The Morgan fingerprint density at radius 2 is 2.00 bits per heavy atom. The fourth-order valence-electron chi connectivity index (χ4n) is 1.62. The highest BCUT2D eigenvalue weighted by Crippen LogP contribution is 2.17. The van der Waals surface area contributed by atoms with Gasteiger partial charge in [0.1, 0.15) is 11.5 Å². The third-order valence-corrected chi connectivity index (χ3v) is 4.03. The van der Waals surface area contributed by atoms with Crippen molar-refractivity contribution in [1.82, 2.24) is 9.55 Å². The average Bonchev–Trinajstić information content (AvgIpc) is 2.92. The minimum atomic E-state index is -3.66. The van der Waals surface area contributed by atoms with Crippen molar-refractivity contribution in [2.24, 2.45) is 0 Å². The van der Waals surface area contributed by atoms with E-state index in [1.54, 1.807) is 49.9 Å². The molecule has 0 amide bonds. The van der Waals surface area contributed by atoms with Crippen molar-refractivity contribution in [2.75, 3.05) is 12.9 Å². The molecule has 0 unspecified atom stereocenters. The van der Waals surface area contributed by atoms with Crippen LogP contribution in [0.15, 0.2) is 43.0 Å². The molecule has 0 saturated carbocycles. The molecule has 2 rings (SSSR count). The van der Waals surface area contributed by atoms with Gasteiger partial charge in [0, 0.05) is 25.2 Å². The van der Waals surface area contributed by atoms with Gasteiger partial charge in [-0.05, 0) is 31.2 Å². The van der Waals surface area contributed by atoms with Gasteiger partial charge in [-0.25, -0.2) is 4.98 Å². The Morgan fingerprint density at radius 3 is 2.55 bits per heavy atom. The predicted octanol–water partition coefficient (Wildman–Crippen LogP) is 1.62. The molecule has 0 radical (unpaired) electrons. The molecule has 0 N–H and O–H groups in total. The van der Waals surface area contributed by atoms with Gasteiger partial charge in [-0.1, -0.05) is 0 Å². The second-order valence-corrected chi connectivity index (χ2v) is 5.93. The van der Waals surface area contributed by atoms with Crippen molar-refractivity contribution in [1.29, 1.82) is 0 Å². The molecule has 0 aliphatic carbocycles. The lowest BCUT2D eigenvalue weighted by atomic mass is 10.3. The Bertz CT molecular complexity index is 636. The highest BCUT2D eigenvalue weighted by atomic mass is 32.2. The SMILES string of the molecule is CO[C@H](C)CS(=O)(=O)Oc1ccc(-n2ccnc2)cc1. The summed E-state index contributed by atoms with van der Waals surface area (Å²) in [5, 5.41) is 0. The fraction of sp³-hybridized carbons (Fsp3) is 0.308. The van der Waals surface area contributed by atoms with Crippen LogP contribution in [0.2, 0.25) is 0 Å². The van der Waals surface area contributed by atoms with Crippen LogP contribution in [0.25, 0.3) is 5.69 Å². The van der Waals surface area contributed by atoms with Gasteiger partial charge in [0.2, 0.25) is 0 Å². The summed E-state index contributed by atoms with van der Waals surface area (Å²) in [6.45, 7) is 1.67. The van der Waals surface area contributed by atoms with Crippen molar-refractivity contribution in [3.05, 3.63) is 43.0 Å². The van der Waals surface area contributed by atoms with Crippen LogP contribution < -0.4 is 4.18 Å². The van der Waals surface area contributed by atoms with E-state index in [0.29, 0.717) is 0 Å². The molecule has 20 heavy (non-hydrogen) atoms. The molecule has 0 aliphatic rings. The number of nitrogens with zero attached hydrogens (tertiary/aromatic N) is 2. The van der Waals surface area contributed by atoms with Gasteiger partial charge in [-0.2, -0.15) is 8.42 Å². The molecule has 2 aromatic rings. The van der Waals surface area contributed by atoms with Crippen LogP contribution >= 0.6 is 0 Å². The summed E-state index contributed by atoms with van der Waals surface area (Å²) in [5.41, 5.74) is 0.873. The van der Waals surface area contributed by atoms with Crippen LogP contribution in [0.3, 0.4) is 0 Å². The van der Waals surface area contributed by atoms with Gasteiger partial charge < -0.3 is 13.5 Å². The topological polar surface area (TPSA) is 70.4 Å². The van der Waals surface area contributed by atoms with Crippen LogP contribution in [-0.4, -0.2) is 36.9 Å². The Morgan fingerprint density at radius 1 is 1.30 bits per heavy atom. The summed E-state index contributed by atoms with van der Waals surface area (Å²) in [5.74, 6) is 0.0874. The summed E-state index contributed by atoms with van der Waals surface area (Å²) in [7, 11) is -2.20. The second-order valence-electron chi connectivity index (χ2n) is 4.32. The maximum Gasteiger partial charge on any atom is 0.311 e. The molecule has 0 bridgehead atoms. The first-order chi connectivity index (χ1) is 9.50. The van der Waals surface area contributed by atoms with Gasteiger partial charge in [0.05, 0.1) is 12.4 Å². The zero-order chi connectivity index (χ0) is 14.6. The summed E-state index contributed by atoms with van der Waals surface area (Å²) in [6.07, 6.45) is 4.71. The quantitative estimate of drug-likeness (QED) is 0.757. The van der Waals surface area contributed by atoms with E-state index in [2.05, 4.69) is 4.98 Å². The van der Waals surface area contributed by atoms with E-state index >= 15 is 0 Å². The molecule has 0 fully saturated rings. The fourth-order valence-corrected chi connectivity index (χ4v) is 2.81. The Hall–Kier alpha value is -1.86. The largest absolute Gasteiger partial charge is 0.382 e. The normalized spacial score (nSPS) is 13.1. The average molecular weight is 296 g/mol. The molecule has 0 saturated heterocycles. The molecule has 1 heterocycles. The lowest BCUT2D eigenvalue weighted by Gasteiger charge is -2.11. The van der Waals surface area contributed by atoms with Crippen molar-refractivity contribution < 1.29 is 17.3 Å². The lowest BCUT2D eigenvalue weighted by molar-refractivity contribution is 0.135. The van der Waals surface area contributed by atoms with Crippen LogP contribution in [0.1, 0.15) is 6.92 Å². The predicted molar refractivity (Wildman–Crippen MR) is 74.4 cm³/mol. The van der Waals surface area contributed by atoms with E-state index in [1.807, 2.05) is 4.57 Å². The second kappa shape index (κ2) is 6.06. The van der Waals surface area contributed by atoms with Crippen LogP contribution in [0.5, 0.6) is 5.75 Å². The minimum Gasteiger partial charge on any atom is -0.382 e. The van der Waals surface area contributed by atoms with Gasteiger partial charge >= 0.3 is 10.1 Å². The maximum atomic E-state index is 11.8. The van der Waals surface area contributed by atoms with Crippen molar-refractivity contribution in [3.8, 4) is 11.4 Å². The molecule has 7 heteroatoms. The van der Waals surface area contributed by atoms with Crippen molar-refractivity contribution in [2.45, 2.75) is 13.0 Å². The van der Waals surface area contributed by atoms with E-state index in [1.165, 1.54) is 7.11 Å². The van der Waals surface area contributed by atoms with Crippen molar-refractivity contribution >= 4 is 10.1 Å². The third kappa shape index (κ3) is 3.82. The van der Waals surface area contributed by atoms with Crippen LogP contribution in [-0.2, 0) is 14.9 Å². The summed E-state index contributed by atoms with van der Waals surface area (Å²) in [6, 6.07) is 6.72. The molecule has 0 aliphatic heterocycles. The third-order valence-electron chi connectivity index (χ3n) is 2.70. The molecular formula is C13H16N2O4S. The van der Waals surface area contributed by atoms with Crippen molar-refractivity contribution in [3.63, 3.8) is 0 Å². The highest BCUT2D eigenvalue weighted by molar-refractivity contribution is 7.87. The van der Waals surface area contributed by atoms with E-state index in [4.69, 9.17) is 8.92 Å². The van der Waals surface area contributed by atoms with Crippen LogP contribution in [0.4, 0.5) is 0 Å². The standard InChI is InChI=1S/C13H16N2O4S/c1-11(18-2)9-20(16,17)19-13-5-3-12(4-6-13)15-8-7-14-10-15/h3-8,10-11H,9H2,1-2H3/t11-/m1/s1. The van der Waals surface area contributed by atoms with Gasteiger partial charge in [0.15, 0.2) is 0 Å². The number of aromatic nitrogens is 2. The van der Waals surface area contributed by atoms with E-state index < -0.39 is 16.2 Å². The van der Waals surface area contributed by atoms with Gasteiger partial charge in [0.25, 0.3) is 0 Å². The highest BCUT2D eigenvalue weighted by Gasteiger charge is 2.17. The molecule has 6 nitrogen and oxygen atoms in total.